The van der Waals surface area contributed by atoms with E-state index in [2.05, 4.69) is 32.9 Å². The number of fused-ring (bicyclic) bond motifs is 1. The Kier molecular flexibility index (Phi) is 5.07. The van der Waals surface area contributed by atoms with Gasteiger partial charge in [-0.2, -0.15) is 5.26 Å². The number of para-hydroxylation sites is 1. The van der Waals surface area contributed by atoms with E-state index in [1.165, 1.54) is 23.5 Å². The highest BCUT2D eigenvalue weighted by molar-refractivity contribution is 14.1. The fourth-order valence-electron chi connectivity index (χ4n) is 2.75. The molecule has 0 saturated heterocycles. The number of anilines is 1. The second-order valence-electron chi connectivity index (χ2n) is 5.94. The molecular weight excluding hydrogens is 488 g/mol. The zero-order valence-corrected chi connectivity index (χ0v) is 17.2. The van der Waals surface area contributed by atoms with Gasteiger partial charge in [0.25, 0.3) is 5.91 Å². The molecule has 0 radical (unpaired) electrons. The molecule has 1 aromatic heterocycles. The number of halogens is 2. The van der Waals surface area contributed by atoms with Gasteiger partial charge < -0.3 is 5.32 Å². The van der Waals surface area contributed by atoms with E-state index < -0.39 is 11.7 Å². The average Bonchev–Trinajstić information content (AvgIpc) is 3.13. The monoisotopic (exact) mass is 499 g/mol. The summed E-state index contributed by atoms with van der Waals surface area (Å²) >= 11 is 3.73. The van der Waals surface area contributed by atoms with Gasteiger partial charge in [0.2, 0.25) is 0 Å². The zero-order chi connectivity index (χ0) is 19.7. The van der Waals surface area contributed by atoms with Gasteiger partial charge in [-0.3, -0.25) is 4.79 Å². The molecule has 4 rings (SSSR count). The quantitative estimate of drug-likeness (QED) is 0.361. The molecule has 0 aliphatic carbocycles. The predicted molar refractivity (Wildman–Crippen MR) is 117 cm³/mol. The Morgan fingerprint density at radius 2 is 1.96 bits per heavy atom. The van der Waals surface area contributed by atoms with Crippen molar-refractivity contribution in [1.82, 2.24) is 4.98 Å². The molecule has 4 nitrogen and oxygen atoms in total. The van der Waals surface area contributed by atoms with Crippen molar-refractivity contribution in [2.45, 2.75) is 0 Å². The molecule has 0 fully saturated rings. The standard InChI is InChI=1S/C21H11FIN3OS/c22-16-9-12(11-24)5-7-14(16)20(27)25-17-8-6-13(23)10-15(17)21-26-18-3-1-2-4-19(18)28-21/h1-10H,(H,25,27). The van der Waals surface area contributed by atoms with Crippen LogP contribution in [0.25, 0.3) is 20.8 Å². The van der Waals surface area contributed by atoms with Gasteiger partial charge in [-0.05, 0) is 71.1 Å². The molecule has 28 heavy (non-hydrogen) atoms. The lowest BCUT2D eigenvalue weighted by Crippen LogP contribution is -2.14. The Labute approximate surface area is 177 Å². The Hall–Kier alpha value is -2.83. The summed E-state index contributed by atoms with van der Waals surface area (Å²) in [5.74, 6) is -1.31. The van der Waals surface area contributed by atoms with E-state index in [1.807, 2.05) is 42.5 Å². The molecule has 136 valence electrons. The summed E-state index contributed by atoms with van der Waals surface area (Å²) in [6.45, 7) is 0. The SMILES string of the molecule is N#Cc1ccc(C(=O)Nc2ccc(I)cc2-c2nc3ccccc3s2)c(F)c1. The van der Waals surface area contributed by atoms with Crippen LogP contribution < -0.4 is 5.32 Å². The van der Waals surface area contributed by atoms with Crippen LogP contribution in [0.5, 0.6) is 0 Å². The van der Waals surface area contributed by atoms with Crippen LogP contribution in [0.15, 0.2) is 60.7 Å². The van der Waals surface area contributed by atoms with Crippen LogP contribution in [-0.4, -0.2) is 10.9 Å². The number of carbonyl (C=O) groups excluding carboxylic acids is 1. The van der Waals surface area contributed by atoms with Gasteiger partial charge in [0.05, 0.1) is 33.1 Å². The Balaban J connectivity index is 1.73. The third-order valence-corrected chi connectivity index (χ3v) is 5.84. The number of hydrogen-bond acceptors (Lipinski definition) is 4. The maximum Gasteiger partial charge on any atom is 0.258 e. The number of nitrogens with zero attached hydrogens (tertiary/aromatic N) is 2. The maximum absolute atomic E-state index is 14.2. The number of carbonyl (C=O) groups is 1. The summed E-state index contributed by atoms with van der Waals surface area (Å²) in [7, 11) is 0. The zero-order valence-electron chi connectivity index (χ0n) is 14.2. The molecule has 0 aliphatic heterocycles. The average molecular weight is 499 g/mol. The predicted octanol–water partition coefficient (Wildman–Crippen LogP) is 5.83. The van der Waals surface area contributed by atoms with E-state index in [0.29, 0.717) is 5.69 Å². The summed E-state index contributed by atoms with van der Waals surface area (Å²) in [6.07, 6.45) is 0. The number of nitriles is 1. The van der Waals surface area contributed by atoms with Gasteiger partial charge in [-0.15, -0.1) is 11.3 Å². The topological polar surface area (TPSA) is 65.8 Å². The summed E-state index contributed by atoms with van der Waals surface area (Å²) in [5, 5.41) is 12.4. The van der Waals surface area contributed by atoms with E-state index in [-0.39, 0.29) is 11.1 Å². The fraction of sp³-hybridized carbons (Fsp3) is 0. The van der Waals surface area contributed by atoms with E-state index in [1.54, 1.807) is 6.07 Å². The lowest BCUT2D eigenvalue weighted by molar-refractivity contribution is 0.102. The number of thiazole rings is 1. The van der Waals surface area contributed by atoms with Crippen molar-refractivity contribution in [2.75, 3.05) is 5.32 Å². The van der Waals surface area contributed by atoms with Crippen LogP contribution in [0, 0.1) is 20.7 Å². The number of hydrogen-bond donors (Lipinski definition) is 1. The third-order valence-electron chi connectivity index (χ3n) is 4.10. The highest BCUT2D eigenvalue weighted by Crippen LogP contribution is 2.35. The lowest BCUT2D eigenvalue weighted by atomic mass is 10.1. The Morgan fingerprint density at radius 1 is 1.14 bits per heavy atom. The molecule has 4 aromatic rings. The summed E-state index contributed by atoms with van der Waals surface area (Å²) in [4.78, 5) is 17.3. The van der Waals surface area contributed by atoms with E-state index in [4.69, 9.17) is 5.26 Å². The van der Waals surface area contributed by atoms with Crippen molar-refractivity contribution >= 4 is 55.7 Å². The fourth-order valence-corrected chi connectivity index (χ4v) is 4.24. The molecule has 3 aromatic carbocycles. The maximum atomic E-state index is 14.2. The lowest BCUT2D eigenvalue weighted by Gasteiger charge is -2.11. The number of aromatic nitrogens is 1. The number of rotatable bonds is 3. The molecule has 0 aliphatic rings. The van der Waals surface area contributed by atoms with Crippen molar-refractivity contribution < 1.29 is 9.18 Å². The van der Waals surface area contributed by atoms with Gasteiger partial charge in [0.15, 0.2) is 0 Å². The minimum absolute atomic E-state index is 0.118. The third kappa shape index (κ3) is 3.61. The van der Waals surface area contributed by atoms with E-state index in [0.717, 1.165) is 30.4 Å². The summed E-state index contributed by atoms with van der Waals surface area (Å²) < 4.78 is 16.2. The molecule has 0 spiro atoms. The van der Waals surface area contributed by atoms with Gasteiger partial charge in [-0.25, -0.2) is 9.37 Å². The largest absolute Gasteiger partial charge is 0.321 e. The molecule has 0 unspecified atom stereocenters. The van der Waals surface area contributed by atoms with E-state index >= 15 is 0 Å². The van der Waals surface area contributed by atoms with Gasteiger partial charge in [-0.1, -0.05) is 12.1 Å². The highest BCUT2D eigenvalue weighted by Gasteiger charge is 2.17. The van der Waals surface area contributed by atoms with Crippen LogP contribution in [0.4, 0.5) is 10.1 Å². The first kappa shape index (κ1) is 18.5. The second-order valence-corrected chi connectivity index (χ2v) is 8.21. The van der Waals surface area contributed by atoms with Crippen molar-refractivity contribution in [3.63, 3.8) is 0 Å². The van der Waals surface area contributed by atoms with E-state index in [9.17, 15) is 9.18 Å². The highest BCUT2D eigenvalue weighted by atomic mass is 127. The number of nitrogens with one attached hydrogen (secondary N) is 1. The minimum Gasteiger partial charge on any atom is -0.321 e. The normalized spacial score (nSPS) is 10.6. The number of benzene rings is 3. The molecule has 7 heteroatoms. The number of amides is 1. The van der Waals surface area contributed by atoms with Crippen LogP contribution in [0.3, 0.4) is 0 Å². The van der Waals surface area contributed by atoms with Crippen molar-refractivity contribution in [3.05, 3.63) is 81.2 Å². The Morgan fingerprint density at radius 3 is 2.71 bits per heavy atom. The molecule has 1 N–H and O–H groups in total. The molecule has 1 amide bonds. The van der Waals surface area contributed by atoms with Crippen LogP contribution >= 0.6 is 33.9 Å². The Bertz CT molecular complexity index is 1230. The minimum atomic E-state index is -0.733. The smallest absolute Gasteiger partial charge is 0.258 e. The van der Waals surface area contributed by atoms with Crippen LogP contribution in [0.2, 0.25) is 0 Å². The van der Waals surface area contributed by atoms with Gasteiger partial charge >= 0.3 is 0 Å². The van der Waals surface area contributed by atoms with Crippen molar-refractivity contribution in [2.24, 2.45) is 0 Å². The van der Waals surface area contributed by atoms with Crippen LogP contribution in [0.1, 0.15) is 15.9 Å². The summed E-state index contributed by atoms with van der Waals surface area (Å²) in [5.41, 5.74) is 2.26. The van der Waals surface area contributed by atoms with Crippen LogP contribution in [-0.2, 0) is 0 Å². The first-order valence-corrected chi connectivity index (χ1v) is 10.1. The molecule has 0 bridgehead atoms. The second kappa shape index (κ2) is 7.66. The summed E-state index contributed by atoms with van der Waals surface area (Å²) in [6, 6.07) is 19.0. The van der Waals surface area contributed by atoms with Gasteiger partial charge in [0, 0.05) is 9.13 Å². The molecule has 0 atom stereocenters. The van der Waals surface area contributed by atoms with Crippen molar-refractivity contribution in [1.29, 1.82) is 5.26 Å². The molecule has 1 heterocycles. The molecular formula is C21H11FIN3OS. The first-order valence-electron chi connectivity index (χ1n) is 8.21. The van der Waals surface area contributed by atoms with Crippen molar-refractivity contribution in [3.8, 4) is 16.6 Å². The first-order chi connectivity index (χ1) is 13.5. The molecule has 0 saturated carbocycles. The van der Waals surface area contributed by atoms with Gasteiger partial charge in [0.1, 0.15) is 10.8 Å².